The summed E-state index contributed by atoms with van der Waals surface area (Å²) in [5.41, 5.74) is 0.594. The Labute approximate surface area is 225 Å². The smallest absolute Gasteiger partial charge is 0.407 e. The summed E-state index contributed by atoms with van der Waals surface area (Å²) >= 11 is 0. The number of amides is 2. The molecule has 208 valence electrons. The number of ether oxygens (including phenoxy) is 1. The van der Waals surface area contributed by atoms with E-state index in [4.69, 9.17) is 9.84 Å². The van der Waals surface area contributed by atoms with Gasteiger partial charge in [-0.3, -0.25) is 9.79 Å². The fourth-order valence-electron chi connectivity index (χ4n) is 4.94. The van der Waals surface area contributed by atoms with Gasteiger partial charge in [-0.05, 0) is 58.1 Å². The van der Waals surface area contributed by atoms with E-state index in [1.54, 1.807) is 18.0 Å². The van der Waals surface area contributed by atoms with Crippen molar-refractivity contribution in [2.45, 2.75) is 83.0 Å². The van der Waals surface area contributed by atoms with Crippen LogP contribution in [-0.4, -0.2) is 52.8 Å². The molecule has 0 radical (unpaired) electrons. The maximum Gasteiger partial charge on any atom is 0.407 e. The summed E-state index contributed by atoms with van der Waals surface area (Å²) in [6, 6.07) is 3.13. The molecule has 0 aromatic heterocycles. The molecule has 2 aliphatic heterocycles. The second-order valence-corrected chi connectivity index (χ2v) is 11.0. The Bertz CT molecular complexity index is 1300. The van der Waals surface area contributed by atoms with Crippen LogP contribution in [0, 0.1) is 5.82 Å². The molecule has 2 atom stereocenters. The summed E-state index contributed by atoms with van der Waals surface area (Å²) in [5, 5.41) is 12.0. The molecular weight excluding hydrogens is 511 g/mol. The normalized spacial score (nSPS) is 22.7. The molecule has 4 aliphatic rings. The van der Waals surface area contributed by atoms with Crippen LogP contribution in [0.15, 0.2) is 51.6 Å². The number of carbonyl (C=O) groups is 2. The second kappa shape index (κ2) is 10.5. The van der Waals surface area contributed by atoms with Crippen molar-refractivity contribution in [2.24, 2.45) is 10.1 Å². The molecule has 2 aliphatic carbocycles. The number of aliphatic imine (C=N–C) groups is 1. The number of fused-ring (bicyclic) bond motifs is 1. The van der Waals surface area contributed by atoms with Crippen molar-refractivity contribution in [1.82, 2.24) is 15.6 Å². The Morgan fingerprint density at radius 3 is 2.59 bits per heavy atom. The lowest BCUT2D eigenvalue weighted by Gasteiger charge is -2.27. The number of hydrogen-bond acceptors (Lipinski definition) is 6. The molecule has 11 heteroatoms. The van der Waals surface area contributed by atoms with Gasteiger partial charge in [0.15, 0.2) is 5.84 Å². The van der Waals surface area contributed by atoms with E-state index in [9.17, 15) is 22.8 Å². The van der Waals surface area contributed by atoms with Gasteiger partial charge < -0.3 is 15.4 Å². The molecule has 5 rings (SSSR count). The zero-order chi connectivity index (χ0) is 27.9. The Morgan fingerprint density at radius 1 is 1.18 bits per heavy atom. The van der Waals surface area contributed by atoms with Gasteiger partial charge in [-0.1, -0.05) is 24.3 Å². The van der Waals surface area contributed by atoms with Crippen LogP contribution in [0.4, 0.5) is 18.0 Å². The maximum absolute atomic E-state index is 14.7. The number of benzene rings is 1. The van der Waals surface area contributed by atoms with Gasteiger partial charge in [0.25, 0.3) is 12.3 Å². The zero-order valence-corrected chi connectivity index (χ0v) is 22.1. The molecule has 1 fully saturated rings. The van der Waals surface area contributed by atoms with Gasteiger partial charge >= 0.3 is 6.09 Å². The number of allylic oxidation sites excluding steroid dienone is 2. The first-order valence-electron chi connectivity index (χ1n) is 13.2. The quantitative estimate of drug-likeness (QED) is 0.501. The number of nitrogens with zero attached hydrogens (tertiary/aromatic N) is 3. The van der Waals surface area contributed by atoms with Crippen LogP contribution in [0.5, 0.6) is 0 Å². The molecule has 1 saturated carbocycles. The second-order valence-electron chi connectivity index (χ2n) is 11.0. The van der Waals surface area contributed by atoms with Crippen molar-refractivity contribution >= 4 is 23.5 Å². The first-order chi connectivity index (χ1) is 18.5. The largest absolute Gasteiger partial charge is 0.446 e. The molecule has 1 aromatic carbocycles. The third kappa shape index (κ3) is 6.02. The van der Waals surface area contributed by atoms with E-state index in [1.807, 2.05) is 19.9 Å². The minimum atomic E-state index is -2.96. The first-order valence-corrected chi connectivity index (χ1v) is 13.2. The minimum Gasteiger partial charge on any atom is -0.446 e. The van der Waals surface area contributed by atoms with Crippen LogP contribution in [0.1, 0.15) is 76.5 Å². The van der Waals surface area contributed by atoms with Gasteiger partial charge in [-0.15, -0.1) is 0 Å². The van der Waals surface area contributed by atoms with Gasteiger partial charge in [0.05, 0.1) is 35.0 Å². The molecule has 8 nitrogen and oxygen atoms in total. The molecular formula is C28H32F3N5O3. The van der Waals surface area contributed by atoms with Gasteiger partial charge in [0.1, 0.15) is 11.9 Å². The van der Waals surface area contributed by atoms with E-state index in [0.717, 1.165) is 24.5 Å². The fraction of sp³-hybridized carbons (Fsp3) is 0.500. The van der Waals surface area contributed by atoms with E-state index in [0.29, 0.717) is 37.4 Å². The van der Waals surface area contributed by atoms with E-state index >= 15 is 0 Å². The van der Waals surface area contributed by atoms with Crippen molar-refractivity contribution in [3.63, 3.8) is 0 Å². The summed E-state index contributed by atoms with van der Waals surface area (Å²) < 4.78 is 46.7. The van der Waals surface area contributed by atoms with Crippen LogP contribution in [0.3, 0.4) is 0 Å². The Balaban J connectivity index is 1.34. The number of amidine groups is 1. The Kier molecular flexibility index (Phi) is 7.26. The van der Waals surface area contributed by atoms with Gasteiger partial charge in [-0.2, -0.15) is 5.10 Å². The number of hydrogen-bond donors (Lipinski definition) is 2. The average molecular weight is 544 g/mol. The number of alkyl carbamates (subject to hydrolysis) is 1. The molecule has 0 spiro atoms. The molecule has 2 N–H and O–H groups in total. The van der Waals surface area contributed by atoms with Crippen molar-refractivity contribution in [3.8, 4) is 0 Å². The molecule has 39 heavy (non-hydrogen) atoms. The van der Waals surface area contributed by atoms with Crippen LogP contribution in [-0.2, 0) is 9.53 Å². The van der Waals surface area contributed by atoms with E-state index in [-0.39, 0.29) is 23.3 Å². The molecule has 2 heterocycles. The highest BCUT2D eigenvalue weighted by molar-refractivity contribution is 6.28. The fourth-order valence-corrected chi connectivity index (χ4v) is 4.94. The van der Waals surface area contributed by atoms with E-state index in [2.05, 4.69) is 15.6 Å². The predicted molar refractivity (Wildman–Crippen MR) is 140 cm³/mol. The molecule has 1 unspecified atom stereocenters. The SMILES string of the molecule is C[C@@H](NC(=O)C1=CC(C2=CCC(OC(=O)NC3CC3)CC2)=NN2CC(C)(C)N=C12)c1cccc(C(F)F)c1F. The van der Waals surface area contributed by atoms with E-state index in [1.165, 1.54) is 12.1 Å². The molecule has 0 bridgehead atoms. The van der Waals surface area contributed by atoms with Gasteiger partial charge in [-0.25, -0.2) is 23.0 Å². The van der Waals surface area contributed by atoms with E-state index < -0.39 is 41.4 Å². The zero-order valence-electron chi connectivity index (χ0n) is 22.1. The van der Waals surface area contributed by atoms with Crippen molar-refractivity contribution in [3.05, 3.63) is 58.4 Å². The van der Waals surface area contributed by atoms with Crippen molar-refractivity contribution < 1.29 is 27.5 Å². The molecule has 0 saturated heterocycles. The summed E-state index contributed by atoms with van der Waals surface area (Å²) in [4.78, 5) is 30.1. The number of halogens is 3. The highest BCUT2D eigenvalue weighted by Crippen LogP contribution is 2.32. The van der Waals surface area contributed by atoms with Crippen molar-refractivity contribution in [2.75, 3.05) is 6.54 Å². The first kappa shape index (κ1) is 27.0. The highest BCUT2D eigenvalue weighted by Gasteiger charge is 2.38. The van der Waals surface area contributed by atoms with Crippen LogP contribution < -0.4 is 10.6 Å². The molecule has 2 amide bonds. The third-order valence-corrected chi connectivity index (χ3v) is 7.16. The summed E-state index contributed by atoms with van der Waals surface area (Å²) in [5.74, 6) is -1.13. The number of nitrogens with one attached hydrogen (secondary N) is 2. The standard InChI is InChI=1S/C28H32F3N5O3/c1-15(19-5-4-6-20(23(19)29)24(30)31)32-26(37)21-13-22(35-36-14-28(2,3)34-25(21)36)16-7-11-18(12-8-16)39-27(38)33-17-9-10-17/h4-7,13,15,17-18,24H,8-12,14H2,1-3H3,(H,32,37)(H,33,38)/t15-,18?/m1/s1. The lowest BCUT2D eigenvalue weighted by Crippen LogP contribution is -2.39. The average Bonchev–Trinajstić information content (AvgIpc) is 3.62. The number of carbonyl (C=O) groups excluding carboxylic acids is 2. The maximum atomic E-state index is 14.7. The summed E-state index contributed by atoms with van der Waals surface area (Å²) in [7, 11) is 0. The summed E-state index contributed by atoms with van der Waals surface area (Å²) in [6.07, 6.45) is 3.80. The molecule has 1 aromatic rings. The summed E-state index contributed by atoms with van der Waals surface area (Å²) in [6.45, 7) is 5.89. The predicted octanol–water partition coefficient (Wildman–Crippen LogP) is 5.10. The van der Waals surface area contributed by atoms with Gasteiger partial charge in [0, 0.05) is 18.0 Å². The number of alkyl halides is 2. The lowest BCUT2D eigenvalue weighted by molar-refractivity contribution is -0.117. The monoisotopic (exact) mass is 543 g/mol. The van der Waals surface area contributed by atoms with Crippen molar-refractivity contribution in [1.29, 1.82) is 0 Å². The van der Waals surface area contributed by atoms with Crippen LogP contribution >= 0.6 is 0 Å². The number of rotatable bonds is 7. The Morgan fingerprint density at radius 2 is 1.92 bits per heavy atom. The van der Waals surface area contributed by atoms with Gasteiger partial charge in [0.2, 0.25) is 0 Å². The van der Waals surface area contributed by atoms with Crippen LogP contribution in [0.2, 0.25) is 0 Å². The topological polar surface area (TPSA) is 95.4 Å². The minimum absolute atomic E-state index is 0.0243. The third-order valence-electron chi connectivity index (χ3n) is 7.16. The lowest BCUT2D eigenvalue weighted by atomic mass is 9.92. The highest BCUT2D eigenvalue weighted by atomic mass is 19.3. The number of hydrazone groups is 1. The van der Waals surface area contributed by atoms with Crippen LogP contribution in [0.25, 0.3) is 0 Å². The Hall–Kier alpha value is -3.63.